The molecular formula is C11H18N2O. The van der Waals surface area contributed by atoms with E-state index < -0.39 is 0 Å². The van der Waals surface area contributed by atoms with Crippen LogP contribution in [0.3, 0.4) is 0 Å². The van der Waals surface area contributed by atoms with Crippen molar-refractivity contribution in [3.05, 3.63) is 23.9 Å². The molecule has 1 rings (SSSR count). The highest BCUT2D eigenvalue weighted by Gasteiger charge is 1.95. The van der Waals surface area contributed by atoms with Crippen molar-refractivity contribution in [3.8, 4) is 5.88 Å². The van der Waals surface area contributed by atoms with Gasteiger partial charge in [-0.25, -0.2) is 4.98 Å². The van der Waals surface area contributed by atoms with Gasteiger partial charge in [0.15, 0.2) is 0 Å². The highest BCUT2D eigenvalue weighted by atomic mass is 16.5. The summed E-state index contributed by atoms with van der Waals surface area (Å²) in [4.78, 5) is 6.40. The summed E-state index contributed by atoms with van der Waals surface area (Å²) in [6, 6.07) is 5.82. The molecule has 0 aliphatic heterocycles. The smallest absolute Gasteiger partial charge is 0.213 e. The lowest BCUT2D eigenvalue weighted by atomic mass is 10.4. The van der Waals surface area contributed by atoms with Gasteiger partial charge >= 0.3 is 0 Å². The lowest BCUT2D eigenvalue weighted by molar-refractivity contribution is 0.273. The van der Waals surface area contributed by atoms with Crippen molar-refractivity contribution in [2.45, 2.75) is 13.3 Å². The van der Waals surface area contributed by atoms with E-state index in [-0.39, 0.29) is 0 Å². The second-order valence-corrected chi connectivity index (χ2v) is 3.62. The summed E-state index contributed by atoms with van der Waals surface area (Å²) in [6.07, 6.45) is 1.03. The Bertz CT molecular complexity index is 274. The number of ether oxygens (including phenoxy) is 1. The lowest BCUT2D eigenvalue weighted by Crippen LogP contribution is -2.15. The summed E-state index contributed by atoms with van der Waals surface area (Å²) >= 11 is 0. The third-order valence-corrected chi connectivity index (χ3v) is 1.86. The first kappa shape index (κ1) is 11.0. The summed E-state index contributed by atoms with van der Waals surface area (Å²) in [5.74, 6) is 0.726. The van der Waals surface area contributed by atoms with Crippen LogP contribution in [0.25, 0.3) is 0 Å². The van der Waals surface area contributed by atoms with Crippen LogP contribution in [-0.2, 0) is 0 Å². The zero-order valence-electron chi connectivity index (χ0n) is 9.16. The second kappa shape index (κ2) is 5.60. The van der Waals surface area contributed by atoms with Gasteiger partial charge in [0.1, 0.15) is 0 Å². The van der Waals surface area contributed by atoms with Crippen LogP contribution in [0.2, 0.25) is 0 Å². The fraction of sp³-hybridized carbons (Fsp3) is 0.545. The van der Waals surface area contributed by atoms with Crippen LogP contribution < -0.4 is 4.74 Å². The minimum atomic E-state index is 0.726. The first-order valence-corrected chi connectivity index (χ1v) is 4.89. The molecule has 0 radical (unpaired) electrons. The normalized spacial score (nSPS) is 10.6. The van der Waals surface area contributed by atoms with Crippen molar-refractivity contribution in [2.24, 2.45) is 0 Å². The van der Waals surface area contributed by atoms with E-state index in [0.29, 0.717) is 0 Å². The minimum Gasteiger partial charge on any atom is -0.478 e. The molecule has 1 aromatic heterocycles. The van der Waals surface area contributed by atoms with Crippen LogP contribution in [0.15, 0.2) is 18.2 Å². The molecule has 0 atom stereocenters. The SMILES string of the molecule is Cc1cccc(OCCCN(C)C)n1. The van der Waals surface area contributed by atoms with E-state index in [1.807, 2.05) is 25.1 Å². The first-order chi connectivity index (χ1) is 6.68. The van der Waals surface area contributed by atoms with Crippen LogP contribution >= 0.6 is 0 Å². The average Bonchev–Trinajstić information content (AvgIpc) is 2.12. The molecule has 0 aromatic carbocycles. The van der Waals surface area contributed by atoms with Crippen molar-refractivity contribution in [3.63, 3.8) is 0 Å². The maximum absolute atomic E-state index is 5.50. The number of aromatic nitrogens is 1. The van der Waals surface area contributed by atoms with Gasteiger partial charge in [-0.3, -0.25) is 0 Å². The van der Waals surface area contributed by atoms with E-state index in [1.54, 1.807) is 0 Å². The molecule has 78 valence electrons. The van der Waals surface area contributed by atoms with Crippen molar-refractivity contribution in [2.75, 3.05) is 27.2 Å². The highest BCUT2D eigenvalue weighted by Crippen LogP contribution is 2.06. The second-order valence-electron chi connectivity index (χ2n) is 3.62. The molecule has 0 saturated carbocycles. The van der Waals surface area contributed by atoms with Crippen molar-refractivity contribution < 1.29 is 4.74 Å². The van der Waals surface area contributed by atoms with Gasteiger partial charge in [0, 0.05) is 18.3 Å². The molecule has 0 N–H and O–H groups in total. The van der Waals surface area contributed by atoms with E-state index in [9.17, 15) is 0 Å². The van der Waals surface area contributed by atoms with Crippen LogP contribution in [0.4, 0.5) is 0 Å². The quantitative estimate of drug-likeness (QED) is 0.667. The van der Waals surface area contributed by atoms with Crippen LogP contribution in [0.5, 0.6) is 5.88 Å². The van der Waals surface area contributed by atoms with Gasteiger partial charge in [-0.15, -0.1) is 0 Å². The Morgan fingerprint density at radius 2 is 2.14 bits per heavy atom. The topological polar surface area (TPSA) is 25.4 Å². The number of aryl methyl sites for hydroxylation is 1. The summed E-state index contributed by atoms with van der Waals surface area (Å²) in [5.41, 5.74) is 0.995. The maximum atomic E-state index is 5.50. The molecule has 0 spiro atoms. The molecule has 3 nitrogen and oxygen atoms in total. The Kier molecular flexibility index (Phi) is 4.40. The van der Waals surface area contributed by atoms with Gasteiger partial charge in [-0.05, 0) is 33.5 Å². The molecule has 0 bridgehead atoms. The summed E-state index contributed by atoms with van der Waals surface area (Å²) in [6.45, 7) is 3.74. The van der Waals surface area contributed by atoms with E-state index in [2.05, 4.69) is 24.0 Å². The van der Waals surface area contributed by atoms with Gasteiger partial charge in [-0.2, -0.15) is 0 Å². The molecular weight excluding hydrogens is 176 g/mol. The molecule has 0 unspecified atom stereocenters. The van der Waals surface area contributed by atoms with Gasteiger partial charge in [0.25, 0.3) is 0 Å². The van der Waals surface area contributed by atoms with Crippen molar-refractivity contribution in [1.29, 1.82) is 0 Å². The predicted molar refractivity (Wildman–Crippen MR) is 57.6 cm³/mol. The molecule has 3 heteroatoms. The number of hydrogen-bond acceptors (Lipinski definition) is 3. The number of rotatable bonds is 5. The third-order valence-electron chi connectivity index (χ3n) is 1.86. The minimum absolute atomic E-state index is 0.726. The number of pyridine rings is 1. The largest absolute Gasteiger partial charge is 0.478 e. The van der Waals surface area contributed by atoms with E-state index in [4.69, 9.17) is 4.74 Å². The standard InChI is InChI=1S/C11H18N2O/c1-10-6-4-7-11(12-10)14-9-5-8-13(2)3/h4,6-7H,5,8-9H2,1-3H3. The number of hydrogen-bond donors (Lipinski definition) is 0. The molecule has 1 aromatic rings. The molecule has 14 heavy (non-hydrogen) atoms. The average molecular weight is 194 g/mol. The Balaban J connectivity index is 2.25. The molecule has 0 aliphatic carbocycles. The Hall–Kier alpha value is -1.09. The van der Waals surface area contributed by atoms with E-state index in [1.165, 1.54) is 0 Å². The lowest BCUT2D eigenvalue weighted by Gasteiger charge is -2.09. The van der Waals surface area contributed by atoms with Gasteiger partial charge in [0.05, 0.1) is 6.61 Å². The van der Waals surface area contributed by atoms with Gasteiger partial charge in [0.2, 0.25) is 5.88 Å². The number of nitrogens with zero attached hydrogens (tertiary/aromatic N) is 2. The third kappa shape index (κ3) is 4.23. The molecule has 0 aliphatic rings. The van der Waals surface area contributed by atoms with Crippen LogP contribution in [0, 0.1) is 6.92 Å². The van der Waals surface area contributed by atoms with Gasteiger partial charge in [-0.1, -0.05) is 6.07 Å². The zero-order valence-corrected chi connectivity index (χ0v) is 9.16. The van der Waals surface area contributed by atoms with Crippen molar-refractivity contribution in [1.82, 2.24) is 9.88 Å². The highest BCUT2D eigenvalue weighted by molar-refractivity contribution is 5.14. The monoisotopic (exact) mass is 194 g/mol. The Morgan fingerprint density at radius 1 is 1.36 bits per heavy atom. The fourth-order valence-corrected chi connectivity index (χ4v) is 1.16. The predicted octanol–water partition coefficient (Wildman–Crippen LogP) is 1.72. The fourth-order valence-electron chi connectivity index (χ4n) is 1.16. The molecule has 1 heterocycles. The summed E-state index contributed by atoms with van der Waals surface area (Å²) < 4.78 is 5.50. The van der Waals surface area contributed by atoms with Crippen molar-refractivity contribution >= 4 is 0 Å². The van der Waals surface area contributed by atoms with E-state index in [0.717, 1.165) is 31.1 Å². The maximum Gasteiger partial charge on any atom is 0.213 e. The molecule has 0 saturated heterocycles. The van der Waals surface area contributed by atoms with E-state index >= 15 is 0 Å². The Labute approximate surface area is 85.7 Å². The van der Waals surface area contributed by atoms with Crippen LogP contribution in [0.1, 0.15) is 12.1 Å². The first-order valence-electron chi connectivity index (χ1n) is 4.89. The Morgan fingerprint density at radius 3 is 2.79 bits per heavy atom. The molecule has 0 amide bonds. The summed E-state index contributed by atoms with van der Waals surface area (Å²) in [7, 11) is 4.12. The summed E-state index contributed by atoms with van der Waals surface area (Å²) in [5, 5.41) is 0. The van der Waals surface area contributed by atoms with Gasteiger partial charge < -0.3 is 9.64 Å². The van der Waals surface area contributed by atoms with Crippen LogP contribution in [-0.4, -0.2) is 37.1 Å². The zero-order chi connectivity index (χ0) is 10.4. The molecule has 0 fully saturated rings.